The highest BCUT2D eigenvalue weighted by molar-refractivity contribution is 5.86. The molecule has 6 heteroatoms. The Bertz CT molecular complexity index is 252. The summed E-state index contributed by atoms with van der Waals surface area (Å²) in [5, 5.41) is 2.47. The molecule has 0 unspecified atom stereocenters. The van der Waals surface area contributed by atoms with E-state index in [-0.39, 0.29) is 19.5 Å². The average molecular weight is 202 g/mol. The number of carbonyl (C=O) groups is 2. The number of rotatable bonds is 2. The fourth-order valence-corrected chi connectivity index (χ4v) is 1.18. The molecule has 0 aromatic heterocycles. The zero-order chi connectivity index (χ0) is 10.8. The molecule has 0 spiro atoms. The van der Waals surface area contributed by atoms with Gasteiger partial charge < -0.3 is 14.8 Å². The van der Waals surface area contributed by atoms with E-state index in [9.17, 15) is 9.59 Å². The predicted molar refractivity (Wildman–Crippen MR) is 47.3 cm³/mol. The van der Waals surface area contributed by atoms with Crippen LogP contribution in [0, 0.1) is 0 Å². The van der Waals surface area contributed by atoms with Gasteiger partial charge in [-0.1, -0.05) is 0 Å². The molecule has 1 aliphatic rings. The summed E-state index contributed by atoms with van der Waals surface area (Å²) in [5.74, 6) is -0.474. The summed E-state index contributed by atoms with van der Waals surface area (Å²) in [7, 11) is 1.28. The van der Waals surface area contributed by atoms with E-state index in [1.807, 2.05) is 0 Å². The van der Waals surface area contributed by atoms with Gasteiger partial charge in [0.15, 0.2) is 0 Å². The zero-order valence-electron chi connectivity index (χ0n) is 8.49. The molecule has 2 amide bonds. The number of amides is 2. The van der Waals surface area contributed by atoms with Crippen molar-refractivity contribution in [3.8, 4) is 0 Å². The van der Waals surface area contributed by atoms with Crippen molar-refractivity contribution in [3.63, 3.8) is 0 Å². The van der Waals surface area contributed by atoms with Crippen LogP contribution in [0.3, 0.4) is 0 Å². The van der Waals surface area contributed by atoms with Gasteiger partial charge in [0.2, 0.25) is 0 Å². The van der Waals surface area contributed by atoms with Gasteiger partial charge in [0.05, 0.1) is 7.11 Å². The Labute approximate surface area is 82.1 Å². The van der Waals surface area contributed by atoms with Gasteiger partial charge in [-0.3, -0.25) is 4.90 Å². The van der Waals surface area contributed by atoms with Crippen LogP contribution < -0.4 is 5.32 Å². The van der Waals surface area contributed by atoms with Gasteiger partial charge in [-0.2, -0.15) is 0 Å². The van der Waals surface area contributed by atoms with Gasteiger partial charge in [0.25, 0.3) is 0 Å². The minimum absolute atomic E-state index is 0.0912. The molecule has 6 nitrogen and oxygen atoms in total. The number of hydrogen-bond acceptors (Lipinski definition) is 4. The molecule has 1 fully saturated rings. The topological polar surface area (TPSA) is 67.9 Å². The van der Waals surface area contributed by atoms with Crippen molar-refractivity contribution in [2.24, 2.45) is 0 Å². The molecule has 14 heavy (non-hydrogen) atoms. The summed E-state index contributed by atoms with van der Waals surface area (Å²) in [5.41, 5.74) is -1.01. The maximum absolute atomic E-state index is 11.4. The number of esters is 1. The molecule has 0 bridgehead atoms. The molecule has 0 aromatic rings. The molecule has 1 aliphatic heterocycles. The predicted octanol–water partition coefficient (Wildman–Crippen LogP) is -0.105. The van der Waals surface area contributed by atoms with E-state index in [1.165, 1.54) is 12.0 Å². The van der Waals surface area contributed by atoms with Crippen molar-refractivity contribution in [1.82, 2.24) is 10.2 Å². The Morgan fingerprint density at radius 1 is 1.64 bits per heavy atom. The first kappa shape index (κ1) is 10.8. The van der Waals surface area contributed by atoms with Gasteiger partial charge in [0, 0.05) is 0 Å². The Balaban J connectivity index is 2.79. The SMILES string of the molecule is COC(=O)C(C)(C)N1COCNC1=O. The lowest BCUT2D eigenvalue weighted by molar-refractivity contribution is -0.155. The van der Waals surface area contributed by atoms with Crippen molar-refractivity contribution in [2.45, 2.75) is 19.4 Å². The van der Waals surface area contributed by atoms with Crippen molar-refractivity contribution >= 4 is 12.0 Å². The second kappa shape index (κ2) is 3.83. The molecule has 1 saturated heterocycles. The second-order valence-electron chi connectivity index (χ2n) is 3.44. The molecule has 0 saturated carbocycles. The lowest BCUT2D eigenvalue weighted by Crippen LogP contribution is -2.60. The fraction of sp³-hybridized carbons (Fsp3) is 0.750. The minimum Gasteiger partial charge on any atom is -0.467 e. The number of ether oxygens (including phenoxy) is 2. The number of carbonyl (C=O) groups excluding carboxylic acids is 2. The first-order valence-corrected chi connectivity index (χ1v) is 4.21. The molecule has 0 atom stereocenters. The third-order valence-electron chi connectivity index (χ3n) is 2.15. The quantitative estimate of drug-likeness (QED) is 0.635. The maximum Gasteiger partial charge on any atom is 0.331 e. The van der Waals surface area contributed by atoms with E-state index in [4.69, 9.17) is 4.74 Å². The number of urea groups is 1. The van der Waals surface area contributed by atoms with Crippen molar-refractivity contribution in [1.29, 1.82) is 0 Å². The van der Waals surface area contributed by atoms with E-state index in [1.54, 1.807) is 13.8 Å². The molecule has 80 valence electrons. The lowest BCUT2D eigenvalue weighted by Gasteiger charge is -2.38. The number of methoxy groups -OCH3 is 1. The van der Waals surface area contributed by atoms with Crippen LogP contribution in [0.5, 0.6) is 0 Å². The molecule has 1 rings (SSSR count). The van der Waals surface area contributed by atoms with Crippen LogP contribution in [0.4, 0.5) is 4.79 Å². The number of nitrogens with one attached hydrogen (secondary N) is 1. The summed E-state index contributed by atoms with van der Waals surface area (Å²) in [6, 6.07) is -0.327. The van der Waals surface area contributed by atoms with E-state index < -0.39 is 11.5 Å². The highest BCUT2D eigenvalue weighted by Gasteiger charge is 2.40. The fourth-order valence-electron chi connectivity index (χ4n) is 1.18. The zero-order valence-corrected chi connectivity index (χ0v) is 8.49. The lowest BCUT2D eigenvalue weighted by atomic mass is 10.0. The van der Waals surface area contributed by atoms with Gasteiger partial charge in [-0.05, 0) is 13.8 Å². The molecule has 1 heterocycles. The summed E-state index contributed by atoms with van der Waals surface area (Å²) in [6.07, 6.45) is 0. The van der Waals surface area contributed by atoms with Crippen molar-refractivity contribution in [2.75, 3.05) is 20.6 Å². The highest BCUT2D eigenvalue weighted by atomic mass is 16.5. The van der Waals surface area contributed by atoms with Crippen LogP contribution in [0.25, 0.3) is 0 Å². The summed E-state index contributed by atoms with van der Waals surface area (Å²) in [6.45, 7) is 3.47. The molecule has 1 N–H and O–H groups in total. The largest absolute Gasteiger partial charge is 0.467 e. The summed E-state index contributed by atoms with van der Waals surface area (Å²) in [4.78, 5) is 24.0. The van der Waals surface area contributed by atoms with Crippen molar-refractivity contribution < 1.29 is 19.1 Å². The third kappa shape index (κ3) is 1.79. The Hall–Kier alpha value is -1.30. The highest BCUT2D eigenvalue weighted by Crippen LogP contribution is 2.17. The smallest absolute Gasteiger partial charge is 0.331 e. The van der Waals surface area contributed by atoms with Gasteiger partial charge in [-0.25, -0.2) is 9.59 Å². The van der Waals surface area contributed by atoms with E-state index in [2.05, 4.69) is 10.1 Å². The van der Waals surface area contributed by atoms with E-state index in [0.717, 1.165) is 0 Å². The summed E-state index contributed by atoms with van der Waals surface area (Å²) < 4.78 is 9.62. The summed E-state index contributed by atoms with van der Waals surface area (Å²) >= 11 is 0. The monoisotopic (exact) mass is 202 g/mol. The third-order valence-corrected chi connectivity index (χ3v) is 2.15. The molecule has 0 radical (unpaired) electrons. The Kier molecular flexibility index (Phi) is 2.95. The first-order valence-electron chi connectivity index (χ1n) is 4.21. The molecule has 0 aliphatic carbocycles. The molecular formula is C8H14N2O4. The first-order chi connectivity index (χ1) is 6.50. The van der Waals surface area contributed by atoms with E-state index >= 15 is 0 Å². The van der Waals surface area contributed by atoms with Crippen LogP contribution >= 0.6 is 0 Å². The van der Waals surface area contributed by atoms with Gasteiger partial charge >= 0.3 is 12.0 Å². The van der Waals surface area contributed by atoms with Gasteiger partial charge in [-0.15, -0.1) is 0 Å². The maximum atomic E-state index is 11.4. The van der Waals surface area contributed by atoms with Crippen LogP contribution in [0.15, 0.2) is 0 Å². The second-order valence-corrected chi connectivity index (χ2v) is 3.44. The van der Waals surface area contributed by atoms with Crippen LogP contribution in [0.1, 0.15) is 13.8 Å². The standard InChI is InChI=1S/C8H14N2O4/c1-8(2,6(11)13-3)10-5-14-4-9-7(10)12/h4-5H2,1-3H3,(H,9,12). The average Bonchev–Trinajstić information content (AvgIpc) is 2.17. The van der Waals surface area contributed by atoms with E-state index in [0.29, 0.717) is 0 Å². The minimum atomic E-state index is -1.01. The van der Waals surface area contributed by atoms with Crippen LogP contribution in [0.2, 0.25) is 0 Å². The molecular weight excluding hydrogens is 188 g/mol. The number of hydrogen-bond donors (Lipinski definition) is 1. The Morgan fingerprint density at radius 2 is 2.29 bits per heavy atom. The van der Waals surface area contributed by atoms with Crippen LogP contribution in [-0.4, -0.2) is 43.0 Å². The van der Waals surface area contributed by atoms with Crippen molar-refractivity contribution in [3.05, 3.63) is 0 Å². The van der Waals surface area contributed by atoms with Crippen LogP contribution in [-0.2, 0) is 14.3 Å². The molecule has 0 aromatic carbocycles. The number of nitrogens with zero attached hydrogens (tertiary/aromatic N) is 1. The Morgan fingerprint density at radius 3 is 2.79 bits per heavy atom. The van der Waals surface area contributed by atoms with Gasteiger partial charge in [0.1, 0.15) is 19.0 Å². The normalized spacial score (nSPS) is 17.6.